The van der Waals surface area contributed by atoms with Crippen molar-refractivity contribution < 1.29 is 8.78 Å². The second-order valence-corrected chi connectivity index (χ2v) is 1.93. The predicted molar refractivity (Wildman–Crippen MR) is 37.4 cm³/mol. The van der Waals surface area contributed by atoms with Gasteiger partial charge in [-0.2, -0.15) is 0 Å². The largest absolute Gasteiger partial charge is 0.397 e. The summed E-state index contributed by atoms with van der Waals surface area (Å²) in [6.07, 6.45) is 0. The van der Waals surface area contributed by atoms with Gasteiger partial charge in [0.15, 0.2) is 11.7 Å². The Bertz CT molecular complexity index is 182. The molecular formula is C7H9F2N. The van der Waals surface area contributed by atoms with Gasteiger partial charge in [-0.05, 0) is 12.5 Å². The topological polar surface area (TPSA) is 26.0 Å². The molecule has 0 atom stereocenters. The second kappa shape index (κ2) is 3.15. The summed E-state index contributed by atoms with van der Waals surface area (Å²) in [5.74, 6) is -2.17. The molecule has 2 N–H and O–H groups in total. The van der Waals surface area contributed by atoms with Crippen molar-refractivity contribution in [2.24, 2.45) is 5.73 Å². The van der Waals surface area contributed by atoms with Gasteiger partial charge in [0.25, 0.3) is 0 Å². The summed E-state index contributed by atoms with van der Waals surface area (Å²) in [5.41, 5.74) is 4.45. The highest BCUT2D eigenvalue weighted by Crippen LogP contribution is 2.18. The maximum absolute atomic E-state index is 12.4. The summed E-state index contributed by atoms with van der Waals surface area (Å²) in [5, 5.41) is 0. The molecule has 0 aliphatic rings. The standard InChI is InChI=1S/C7H9F2N/c1-4(2)6(8)7(9)5(3)10/h1,3,10H2,2H3/b7-6-. The third-order valence-electron chi connectivity index (χ3n) is 0.849. The van der Waals surface area contributed by atoms with Crippen LogP contribution in [0.25, 0.3) is 0 Å². The van der Waals surface area contributed by atoms with Crippen LogP contribution in [0.3, 0.4) is 0 Å². The van der Waals surface area contributed by atoms with Crippen molar-refractivity contribution in [3.05, 3.63) is 36.1 Å². The number of hydrogen-bond donors (Lipinski definition) is 1. The van der Waals surface area contributed by atoms with E-state index in [1.807, 2.05) is 0 Å². The zero-order valence-electron chi connectivity index (χ0n) is 5.75. The quantitative estimate of drug-likeness (QED) is 0.592. The van der Waals surface area contributed by atoms with E-state index in [0.29, 0.717) is 0 Å². The van der Waals surface area contributed by atoms with Gasteiger partial charge in [0, 0.05) is 0 Å². The molecule has 0 bridgehead atoms. The van der Waals surface area contributed by atoms with Gasteiger partial charge in [-0.25, -0.2) is 8.78 Å². The SMILES string of the molecule is C=C(C)/C(F)=C(/F)C(=C)N. The smallest absolute Gasteiger partial charge is 0.181 e. The van der Waals surface area contributed by atoms with E-state index in [9.17, 15) is 8.78 Å². The molecule has 0 aliphatic carbocycles. The first-order valence-electron chi connectivity index (χ1n) is 2.62. The van der Waals surface area contributed by atoms with Crippen molar-refractivity contribution in [3.8, 4) is 0 Å². The lowest BCUT2D eigenvalue weighted by atomic mass is 10.2. The normalized spacial score (nSPS) is 12.3. The van der Waals surface area contributed by atoms with Crippen molar-refractivity contribution in [1.29, 1.82) is 0 Å². The lowest BCUT2D eigenvalue weighted by Crippen LogP contribution is -1.97. The zero-order valence-corrected chi connectivity index (χ0v) is 5.75. The van der Waals surface area contributed by atoms with Gasteiger partial charge < -0.3 is 5.73 Å². The average Bonchev–Trinajstić information content (AvgIpc) is 1.84. The van der Waals surface area contributed by atoms with Crippen molar-refractivity contribution in [2.75, 3.05) is 0 Å². The van der Waals surface area contributed by atoms with Crippen LogP contribution >= 0.6 is 0 Å². The van der Waals surface area contributed by atoms with Crippen LogP contribution in [-0.4, -0.2) is 0 Å². The van der Waals surface area contributed by atoms with Gasteiger partial charge in [-0.15, -0.1) is 0 Å². The Morgan fingerprint density at radius 3 is 1.70 bits per heavy atom. The number of halogens is 2. The lowest BCUT2D eigenvalue weighted by molar-refractivity contribution is 0.554. The zero-order chi connectivity index (χ0) is 8.31. The molecule has 3 heteroatoms. The maximum atomic E-state index is 12.4. The van der Waals surface area contributed by atoms with Crippen LogP contribution in [0.15, 0.2) is 36.1 Å². The lowest BCUT2D eigenvalue weighted by Gasteiger charge is -1.97. The summed E-state index contributed by atoms with van der Waals surface area (Å²) < 4.78 is 24.8. The van der Waals surface area contributed by atoms with Gasteiger partial charge in [0.2, 0.25) is 0 Å². The van der Waals surface area contributed by atoms with Crippen LogP contribution < -0.4 is 5.73 Å². The molecule has 0 aromatic carbocycles. The molecule has 10 heavy (non-hydrogen) atoms. The molecule has 0 aromatic rings. The van der Waals surface area contributed by atoms with E-state index >= 15 is 0 Å². The molecule has 0 amide bonds. The molecule has 0 heterocycles. The number of hydrogen-bond acceptors (Lipinski definition) is 1. The van der Waals surface area contributed by atoms with Gasteiger partial charge in [-0.1, -0.05) is 13.2 Å². The third-order valence-corrected chi connectivity index (χ3v) is 0.849. The number of nitrogens with two attached hydrogens (primary N) is 1. The molecule has 0 spiro atoms. The highest BCUT2D eigenvalue weighted by Gasteiger charge is 2.06. The van der Waals surface area contributed by atoms with Gasteiger partial charge in [-0.3, -0.25) is 0 Å². The van der Waals surface area contributed by atoms with Crippen molar-refractivity contribution in [1.82, 2.24) is 0 Å². The van der Waals surface area contributed by atoms with Crippen molar-refractivity contribution in [2.45, 2.75) is 6.92 Å². The van der Waals surface area contributed by atoms with E-state index in [1.165, 1.54) is 6.92 Å². The van der Waals surface area contributed by atoms with E-state index in [0.717, 1.165) is 0 Å². The fourth-order valence-electron chi connectivity index (χ4n) is 0.328. The van der Waals surface area contributed by atoms with Crippen molar-refractivity contribution >= 4 is 0 Å². The predicted octanol–water partition coefficient (Wildman–Crippen LogP) is 2.19. The first-order chi connectivity index (χ1) is 4.46. The maximum Gasteiger partial charge on any atom is 0.181 e. The Morgan fingerprint density at radius 1 is 1.20 bits per heavy atom. The minimum atomic E-state index is -1.13. The van der Waals surface area contributed by atoms with Crippen LogP contribution in [0.5, 0.6) is 0 Å². The minimum absolute atomic E-state index is 0.00380. The molecule has 0 radical (unpaired) electrons. The Kier molecular flexibility index (Phi) is 2.80. The molecule has 0 saturated carbocycles. The third kappa shape index (κ3) is 2.01. The molecule has 0 aliphatic heterocycles. The number of rotatable bonds is 2. The average molecular weight is 145 g/mol. The Hall–Kier alpha value is -1.12. The van der Waals surface area contributed by atoms with Gasteiger partial charge >= 0.3 is 0 Å². The Balaban J connectivity index is 4.67. The van der Waals surface area contributed by atoms with Gasteiger partial charge in [0.05, 0.1) is 5.70 Å². The first-order valence-corrected chi connectivity index (χ1v) is 2.62. The summed E-state index contributed by atoms with van der Waals surface area (Å²) in [6.45, 7) is 7.56. The summed E-state index contributed by atoms with van der Waals surface area (Å²) in [6, 6.07) is 0. The minimum Gasteiger partial charge on any atom is -0.397 e. The van der Waals surface area contributed by atoms with Crippen LogP contribution in [0.1, 0.15) is 6.92 Å². The van der Waals surface area contributed by atoms with Crippen LogP contribution in [0.2, 0.25) is 0 Å². The summed E-state index contributed by atoms with van der Waals surface area (Å²) in [7, 11) is 0. The Morgan fingerprint density at radius 2 is 1.60 bits per heavy atom. The monoisotopic (exact) mass is 145 g/mol. The van der Waals surface area contributed by atoms with E-state index in [2.05, 4.69) is 13.2 Å². The van der Waals surface area contributed by atoms with E-state index in [-0.39, 0.29) is 5.57 Å². The number of allylic oxidation sites excluding steroid dienone is 3. The first kappa shape index (κ1) is 8.88. The van der Waals surface area contributed by atoms with Crippen molar-refractivity contribution in [3.63, 3.8) is 0 Å². The fourth-order valence-corrected chi connectivity index (χ4v) is 0.328. The molecule has 0 unspecified atom stereocenters. The molecular weight excluding hydrogens is 136 g/mol. The van der Waals surface area contributed by atoms with E-state index < -0.39 is 17.4 Å². The Labute approximate surface area is 58.5 Å². The summed E-state index contributed by atoms with van der Waals surface area (Å²) >= 11 is 0. The summed E-state index contributed by atoms with van der Waals surface area (Å²) in [4.78, 5) is 0. The van der Waals surface area contributed by atoms with E-state index in [4.69, 9.17) is 5.73 Å². The van der Waals surface area contributed by atoms with Crippen LogP contribution in [0, 0.1) is 0 Å². The fraction of sp³-hybridized carbons (Fsp3) is 0.143. The highest BCUT2D eigenvalue weighted by molar-refractivity contribution is 5.31. The highest BCUT2D eigenvalue weighted by atomic mass is 19.2. The molecule has 56 valence electrons. The molecule has 0 fully saturated rings. The van der Waals surface area contributed by atoms with E-state index in [1.54, 1.807) is 0 Å². The second-order valence-electron chi connectivity index (χ2n) is 1.93. The molecule has 0 saturated heterocycles. The van der Waals surface area contributed by atoms with Crippen LogP contribution in [-0.2, 0) is 0 Å². The molecule has 0 aromatic heterocycles. The van der Waals surface area contributed by atoms with Crippen LogP contribution in [0.4, 0.5) is 8.78 Å². The molecule has 0 rings (SSSR count). The molecule has 1 nitrogen and oxygen atoms in total. The van der Waals surface area contributed by atoms with Gasteiger partial charge in [0.1, 0.15) is 0 Å².